The molecule has 0 bridgehead atoms. The van der Waals surface area contributed by atoms with E-state index in [1.54, 1.807) is 18.3 Å². The fraction of sp³-hybridized carbons (Fsp3) is 0.0909. The Bertz CT molecular complexity index is 540. The van der Waals surface area contributed by atoms with E-state index in [-0.39, 0.29) is 5.69 Å². The maximum atomic E-state index is 10.7. The van der Waals surface area contributed by atoms with Gasteiger partial charge in [0.1, 0.15) is 0 Å². The molecule has 0 amide bonds. The summed E-state index contributed by atoms with van der Waals surface area (Å²) in [7, 11) is 1.52. The number of aromatic nitrogens is 3. The lowest BCUT2D eigenvalue weighted by atomic mass is 10.2. The van der Waals surface area contributed by atoms with E-state index in [9.17, 15) is 4.79 Å². The van der Waals surface area contributed by atoms with E-state index in [0.29, 0.717) is 17.1 Å². The van der Waals surface area contributed by atoms with Crippen molar-refractivity contribution in [1.29, 1.82) is 0 Å². The van der Waals surface area contributed by atoms with Gasteiger partial charge in [-0.1, -0.05) is 0 Å². The highest BCUT2D eigenvalue weighted by molar-refractivity contribution is 5.85. The molecule has 6 heteroatoms. The second-order valence-electron chi connectivity index (χ2n) is 3.18. The summed E-state index contributed by atoms with van der Waals surface area (Å²) in [6.45, 7) is 0. The molecule has 0 aliphatic rings. The van der Waals surface area contributed by atoms with Crippen molar-refractivity contribution >= 4 is 5.97 Å². The van der Waals surface area contributed by atoms with Crippen LogP contribution < -0.4 is 4.74 Å². The van der Waals surface area contributed by atoms with E-state index in [1.165, 1.54) is 19.5 Å². The Balaban J connectivity index is 2.38. The van der Waals surface area contributed by atoms with Crippen molar-refractivity contribution in [2.45, 2.75) is 0 Å². The largest absolute Gasteiger partial charge is 0.481 e. The average Bonchev–Trinajstić information content (AvgIpc) is 2.39. The Labute approximate surface area is 96.9 Å². The average molecular weight is 231 g/mol. The van der Waals surface area contributed by atoms with Crippen LogP contribution in [0.2, 0.25) is 0 Å². The highest BCUT2D eigenvalue weighted by atomic mass is 16.5. The number of carbonyl (C=O) groups is 1. The zero-order valence-corrected chi connectivity index (χ0v) is 8.99. The third-order valence-electron chi connectivity index (χ3n) is 2.09. The van der Waals surface area contributed by atoms with Gasteiger partial charge in [0.15, 0.2) is 5.69 Å². The minimum atomic E-state index is -1.11. The number of carboxylic acid groups (broad SMARTS) is 1. The molecule has 2 rings (SSSR count). The summed E-state index contributed by atoms with van der Waals surface area (Å²) in [5.41, 5.74) is 1.04. The standard InChI is InChI=1S/C11H9N3O3/c1-17-10-3-2-7(4-13-10)8-5-12-6-9(14-8)11(15)16/h2-6H,1H3,(H,15,16). The summed E-state index contributed by atoms with van der Waals surface area (Å²) in [6, 6.07) is 3.41. The minimum absolute atomic E-state index is 0.0988. The van der Waals surface area contributed by atoms with Gasteiger partial charge in [-0.15, -0.1) is 0 Å². The van der Waals surface area contributed by atoms with Crippen LogP contribution in [0.25, 0.3) is 11.3 Å². The molecule has 17 heavy (non-hydrogen) atoms. The molecule has 2 aromatic heterocycles. The van der Waals surface area contributed by atoms with Gasteiger partial charge < -0.3 is 9.84 Å². The third kappa shape index (κ3) is 2.36. The van der Waals surface area contributed by atoms with Crippen LogP contribution >= 0.6 is 0 Å². The molecule has 2 heterocycles. The number of carboxylic acids is 1. The number of aromatic carboxylic acids is 1. The Kier molecular flexibility index (Phi) is 2.95. The quantitative estimate of drug-likeness (QED) is 0.855. The van der Waals surface area contributed by atoms with E-state index in [1.807, 2.05) is 0 Å². The lowest BCUT2D eigenvalue weighted by molar-refractivity contribution is 0.0690. The molecule has 6 nitrogen and oxygen atoms in total. The Morgan fingerprint density at radius 3 is 2.71 bits per heavy atom. The summed E-state index contributed by atoms with van der Waals surface area (Å²) in [6.07, 6.45) is 4.23. The monoisotopic (exact) mass is 231 g/mol. The van der Waals surface area contributed by atoms with E-state index in [0.717, 1.165) is 0 Å². The highest BCUT2D eigenvalue weighted by Gasteiger charge is 2.07. The Morgan fingerprint density at radius 2 is 2.12 bits per heavy atom. The fourth-order valence-electron chi connectivity index (χ4n) is 1.26. The van der Waals surface area contributed by atoms with Crippen molar-refractivity contribution in [3.8, 4) is 17.1 Å². The van der Waals surface area contributed by atoms with Gasteiger partial charge in [0.25, 0.3) is 0 Å². The van der Waals surface area contributed by atoms with Crippen LogP contribution in [0, 0.1) is 0 Å². The van der Waals surface area contributed by atoms with Gasteiger partial charge in [0.2, 0.25) is 5.88 Å². The molecule has 0 aliphatic heterocycles. The third-order valence-corrected chi connectivity index (χ3v) is 2.09. The number of hydrogen-bond donors (Lipinski definition) is 1. The molecule has 0 atom stereocenters. The first-order valence-corrected chi connectivity index (χ1v) is 4.76. The van der Waals surface area contributed by atoms with Crippen molar-refractivity contribution in [2.24, 2.45) is 0 Å². The van der Waals surface area contributed by atoms with Crippen molar-refractivity contribution in [3.05, 3.63) is 36.4 Å². The van der Waals surface area contributed by atoms with Crippen LogP contribution in [0.15, 0.2) is 30.7 Å². The summed E-state index contributed by atoms with van der Waals surface area (Å²) >= 11 is 0. The molecule has 0 radical (unpaired) electrons. The van der Waals surface area contributed by atoms with Gasteiger partial charge in [-0.3, -0.25) is 4.98 Å². The lowest BCUT2D eigenvalue weighted by Gasteiger charge is -2.02. The molecule has 0 saturated carbocycles. The van der Waals surface area contributed by atoms with E-state index < -0.39 is 5.97 Å². The van der Waals surface area contributed by atoms with E-state index in [2.05, 4.69) is 15.0 Å². The SMILES string of the molecule is COc1ccc(-c2cncc(C(=O)O)n2)cn1. The first-order chi connectivity index (χ1) is 8.20. The predicted octanol–water partition coefficient (Wildman–Crippen LogP) is 1.25. The van der Waals surface area contributed by atoms with Crippen LogP contribution in [-0.4, -0.2) is 33.1 Å². The maximum absolute atomic E-state index is 10.7. The number of rotatable bonds is 3. The molecular weight excluding hydrogens is 222 g/mol. The summed E-state index contributed by atoms with van der Waals surface area (Å²) in [5, 5.41) is 8.80. The van der Waals surface area contributed by atoms with E-state index >= 15 is 0 Å². The topological polar surface area (TPSA) is 85.2 Å². The van der Waals surface area contributed by atoms with Crippen LogP contribution in [0.1, 0.15) is 10.5 Å². The minimum Gasteiger partial charge on any atom is -0.481 e. The number of pyridine rings is 1. The molecule has 86 valence electrons. The zero-order valence-electron chi connectivity index (χ0n) is 8.99. The van der Waals surface area contributed by atoms with Gasteiger partial charge in [-0.05, 0) is 6.07 Å². The van der Waals surface area contributed by atoms with Gasteiger partial charge in [-0.25, -0.2) is 14.8 Å². The molecule has 1 N–H and O–H groups in total. The number of hydrogen-bond acceptors (Lipinski definition) is 5. The highest BCUT2D eigenvalue weighted by Crippen LogP contribution is 2.17. The van der Waals surface area contributed by atoms with Crippen molar-refractivity contribution in [2.75, 3.05) is 7.11 Å². The van der Waals surface area contributed by atoms with Crippen molar-refractivity contribution in [1.82, 2.24) is 15.0 Å². The summed E-state index contributed by atoms with van der Waals surface area (Å²) in [5.74, 6) is -0.628. The number of nitrogens with zero attached hydrogens (tertiary/aromatic N) is 3. The smallest absolute Gasteiger partial charge is 0.356 e. The number of ether oxygens (including phenoxy) is 1. The molecule has 0 aliphatic carbocycles. The summed E-state index contributed by atoms with van der Waals surface area (Å²) < 4.78 is 4.93. The maximum Gasteiger partial charge on any atom is 0.356 e. The van der Waals surface area contributed by atoms with Crippen molar-refractivity contribution < 1.29 is 14.6 Å². The normalized spacial score (nSPS) is 9.94. The molecular formula is C11H9N3O3. The van der Waals surface area contributed by atoms with Gasteiger partial charge in [-0.2, -0.15) is 0 Å². The fourth-order valence-corrected chi connectivity index (χ4v) is 1.26. The molecule has 0 aromatic carbocycles. The molecule has 0 saturated heterocycles. The van der Waals surface area contributed by atoms with Crippen LogP contribution in [0.4, 0.5) is 0 Å². The van der Waals surface area contributed by atoms with Crippen molar-refractivity contribution in [3.63, 3.8) is 0 Å². The van der Waals surface area contributed by atoms with Gasteiger partial charge in [0, 0.05) is 17.8 Å². The molecule has 0 fully saturated rings. The first-order valence-electron chi connectivity index (χ1n) is 4.76. The van der Waals surface area contributed by atoms with Crippen LogP contribution in [0.3, 0.4) is 0 Å². The molecule has 0 unspecified atom stereocenters. The molecule has 2 aromatic rings. The predicted molar refractivity (Wildman–Crippen MR) is 58.8 cm³/mol. The zero-order chi connectivity index (χ0) is 12.3. The van der Waals surface area contributed by atoms with Crippen LogP contribution in [-0.2, 0) is 0 Å². The van der Waals surface area contributed by atoms with E-state index in [4.69, 9.17) is 9.84 Å². The first kappa shape index (κ1) is 11.0. The Hall–Kier alpha value is -2.50. The van der Waals surface area contributed by atoms with Crippen LogP contribution in [0.5, 0.6) is 5.88 Å². The lowest BCUT2D eigenvalue weighted by Crippen LogP contribution is -2.02. The second kappa shape index (κ2) is 4.56. The number of methoxy groups -OCH3 is 1. The second-order valence-corrected chi connectivity index (χ2v) is 3.18. The van der Waals surface area contributed by atoms with Gasteiger partial charge >= 0.3 is 5.97 Å². The van der Waals surface area contributed by atoms with Gasteiger partial charge in [0.05, 0.1) is 25.2 Å². The molecule has 0 spiro atoms. The Morgan fingerprint density at radius 1 is 1.29 bits per heavy atom. The summed E-state index contributed by atoms with van der Waals surface area (Å²) in [4.78, 5) is 22.5.